The predicted octanol–water partition coefficient (Wildman–Crippen LogP) is 2.15. The molecule has 1 aromatic rings. The van der Waals surface area contributed by atoms with Gasteiger partial charge in [0.25, 0.3) is 5.91 Å². The zero-order valence-corrected chi connectivity index (χ0v) is 14.7. The Hall–Kier alpha value is -1.41. The number of anilines is 1. The molecular weight excluding hydrogens is 351 g/mol. The van der Waals surface area contributed by atoms with Crippen LogP contribution in [0, 0.1) is 18.7 Å². The van der Waals surface area contributed by atoms with Gasteiger partial charge in [0.1, 0.15) is 5.82 Å². The lowest BCUT2D eigenvalue weighted by Crippen LogP contribution is -2.37. The summed E-state index contributed by atoms with van der Waals surface area (Å²) in [5.41, 5.74) is 1.08. The molecule has 0 unspecified atom stereocenters. The first kappa shape index (κ1) is 16.1. The summed E-state index contributed by atoms with van der Waals surface area (Å²) in [5.74, 6) is -0.424. The van der Waals surface area contributed by atoms with E-state index in [4.69, 9.17) is 0 Å². The smallest absolute Gasteiger partial charge is 0.251 e. The number of carbonyl (C=O) groups is 1. The lowest BCUT2D eigenvalue weighted by Gasteiger charge is -2.24. The van der Waals surface area contributed by atoms with Crippen LogP contribution in [0.1, 0.15) is 18.4 Å². The summed E-state index contributed by atoms with van der Waals surface area (Å²) >= 11 is 1.32. The summed E-state index contributed by atoms with van der Waals surface area (Å²) in [5, 5.41) is 0.338. The van der Waals surface area contributed by atoms with Crippen molar-refractivity contribution in [2.24, 2.45) is 10.9 Å². The number of halogens is 1. The number of amides is 1. The Morgan fingerprint density at radius 2 is 2.08 bits per heavy atom. The Balaban J connectivity index is 1.74. The van der Waals surface area contributed by atoms with Crippen LogP contribution in [0.2, 0.25) is 0 Å². The molecular formula is C16H17FN2O3S2. The lowest BCUT2D eigenvalue weighted by molar-refractivity contribution is -0.118. The molecule has 5 nitrogen and oxygen atoms in total. The minimum atomic E-state index is -3.12. The van der Waals surface area contributed by atoms with Crippen LogP contribution in [-0.4, -0.2) is 42.3 Å². The van der Waals surface area contributed by atoms with Gasteiger partial charge in [-0.1, -0.05) is 17.8 Å². The molecule has 0 aromatic heterocycles. The molecule has 0 bridgehead atoms. The number of sulfone groups is 1. The summed E-state index contributed by atoms with van der Waals surface area (Å²) in [6.07, 6.45) is 1.72. The van der Waals surface area contributed by atoms with Gasteiger partial charge in [0.15, 0.2) is 15.0 Å². The fourth-order valence-electron chi connectivity index (χ4n) is 3.11. The van der Waals surface area contributed by atoms with Gasteiger partial charge in [0.05, 0.1) is 17.5 Å². The highest BCUT2D eigenvalue weighted by atomic mass is 32.2. The van der Waals surface area contributed by atoms with Gasteiger partial charge in [-0.25, -0.2) is 12.8 Å². The molecule has 2 saturated heterocycles. The SMILES string of the molecule is Cc1ccc(N2C(=NC(=O)C3CC3)S[C@@H]3CS(=O)(=O)C[C@H]32)cc1F. The molecule has 2 aliphatic heterocycles. The maximum Gasteiger partial charge on any atom is 0.251 e. The Bertz CT molecular complexity index is 849. The number of nitrogens with zero attached hydrogens (tertiary/aromatic N) is 2. The number of amidine groups is 1. The Morgan fingerprint density at radius 3 is 2.75 bits per heavy atom. The van der Waals surface area contributed by atoms with Crippen LogP contribution in [-0.2, 0) is 14.6 Å². The standard InChI is InChI=1S/C16H17FN2O3S2/c1-9-2-5-11(6-12(9)17)19-13-7-24(21,22)8-14(13)23-16(19)18-15(20)10-3-4-10/h2,5-6,10,13-14H,3-4,7-8H2,1H3/t13-,14-/m1/s1. The lowest BCUT2D eigenvalue weighted by atomic mass is 10.1. The highest BCUT2D eigenvalue weighted by Gasteiger charge is 2.49. The fraction of sp³-hybridized carbons (Fsp3) is 0.500. The second kappa shape index (κ2) is 5.56. The third kappa shape index (κ3) is 2.86. The molecule has 3 fully saturated rings. The molecule has 1 aromatic carbocycles. The number of aryl methyl sites for hydroxylation is 1. The van der Waals surface area contributed by atoms with Gasteiger partial charge in [0.2, 0.25) is 0 Å². The van der Waals surface area contributed by atoms with E-state index in [1.165, 1.54) is 17.8 Å². The van der Waals surface area contributed by atoms with Crippen molar-refractivity contribution in [3.05, 3.63) is 29.6 Å². The first-order valence-electron chi connectivity index (χ1n) is 7.89. The zero-order valence-electron chi connectivity index (χ0n) is 13.1. The number of carbonyl (C=O) groups excluding carboxylic acids is 1. The zero-order chi connectivity index (χ0) is 17.1. The second-order valence-corrected chi connectivity index (χ2v) is 9.97. The predicted molar refractivity (Wildman–Crippen MR) is 92.6 cm³/mol. The van der Waals surface area contributed by atoms with E-state index >= 15 is 0 Å². The van der Waals surface area contributed by atoms with Crippen LogP contribution in [0.5, 0.6) is 0 Å². The molecule has 0 spiro atoms. The van der Waals surface area contributed by atoms with Crippen molar-refractivity contribution in [1.29, 1.82) is 0 Å². The van der Waals surface area contributed by atoms with Gasteiger partial charge in [-0.15, -0.1) is 0 Å². The maximum atomic E-state index is 14.0. The summed E-state index contributed by atoms with van der Waals surface area (Å²) in [6.45, 7) is 1.67. The van der Waals surface area contributed by atoms with Gasteiger partial charge in [-0.3, -0.25) is 4.79 Å². The summed E-state index contributed by atoms with van der Waals surface area (Å²) < 4.78 is 37.9. The highest BCUT2D eigenvalue weighted by molar-refractivity contribution is 8.16. The van der Waals surface area contributed by atoms with Crippen molar-refractivity contribution in [3.63, 3.8) is 0 Å². The van der Waals surface area contributed by atoms with E-state index in [1.54, 1.807) is 24.0 Å². The first-order chi connectivity index (χ1) is 11.3. The van der Waals surface area contributed by atoms with Crippen LogP contribution in [0.15, 0.2) is 23.2 Å². The fourth-order valence-corrected chi connectivity index (χ4v) is 7.03. The van der Waals surface area contributed by atoms with Gasteiger partial charge in [0, 0.05) is 16.9 Å². The average Bonchev–Trinajstić information content (AvgIpc) is 3.23. The number of hydrogen-bond donors (Lipinski definition) is 0. The number of thioether (sulfide) groups is 1. The number of hydrogen-bond acceptors (Lipinski definition) is 4. The summed E-state index contributed by atoms with van der Waals surface area (Å²) in [7, 11) is -3.12. The summed E-state index contributed by atoms with van der Waals surface area (Å²) in [6, 6.07) is 4.50. The van der Waals surface area contributed by atoms with Gasteiger partial charge in [-0.2, -0.15) is 4.99 Å². The van der Waals surface area contributed by atoms with Crippen molar-refractivity contribution in [1.82, 2.24) is 0 Å². The second-order valence-electron chi connectivity index (χ2n) is 6.61. The van der Waals surface area contributed by atoms with E-state index in [0.29, 0.717) is 16.4 Å². The number of fused-ring (bicyclic) bond motifs is 1. The molecule has 0 N–H and O–H groups in total. The topological polar surface area (TPSA) is 66.8 Å². The number of benzene rings is 1. The largest absolute Gasteiger partial charge is 0.315 e. The van der Waals surface area contributed by atoms with Crippen molar-refractivity contribution in [3.8, 4) is 0 Å². The third-order valence-electron chi connectivity index (χ3n) is 4.63. The van der Waals surface area contributed by atoms with Gasteiger partial charge in [-0.05, 0) is 37.5 Å². The Kier molecular flexibility index (Phi) is 3.72. The van der Waals surface area contributed by atoms with Crippen molar-refractivity contribution < 1.29 is 17.6 Å². The van der Waals surface area contributed by atoms with E-state index in [2.05, 4.69) is 4.99 Å². The number of aliphatic imine (C=N–C) groups is 1. The van der Waals surface area contributed by atoms with Crippen LogP contribution in [0.4, 0.5) is 10.1 Å². The number of rotatable bonds is 2. The van der Waals surface area contributed by atoms with E-state index in [9.17, 15) is 17.6 Å². The molecule has 24 heavy (non-hydrogen) atoms. The molecule has 1 amide bonds. The molecule has 1 saturated carbocycles. The molecule has 128 valence electrons. The average molecular weight is 368 g/mol. The van der Waals surface area contributed by atoms with Gasteiger partial charge >= 0.3 is 0 Å². The van der Waals surface area contributed by atoms with E-state index in [1.807, 2.05) is 0 Å². The minimum Gasteiger partial charge on any atom is -0.315 e. The minimum absolute atomic E-state index is 0.00104. The van der Waals surface area contributed by atoms with Crippen LogP contribution in [0.25, 0.3) is 0 Å². The van der Waals surface area contributed by atoms with E-state index < -0.39 is 9.84 Å². The monoisotopic (exact) mass is 368 g/mol. The molecule has 1 aliphatic carbocycles. The van der Waals surface area contributed by atoms with Gasteiger partial charge < -0.3 is 4.90 Å². The molecule has 3 aliphatic rings. The van der Waals surface area contributed by atoms with Crippen molar-refractivity contribution >= 4 is 38.4 Å². The first-order valence-corrected chi connectivity index (χ1v) is 10.6. The Labute approximate surface area is 144 Å². The van der Waals surface area contributed by atoms with E-state index in [0.717, 1.165) is 12.8 Å². The van der Waals surface area contributed by atoms with Crippen LogP contribution in [0.3, 0.4) is 0 Å². The van der Waals surface area contributed by atoms with E-state index in [-0.39, 0.29) is 40.4 Å². The highest BCUT2D eigenvalue weighted by Crippen LogP contribution is 2.42. The summed E-state index contributed by atoms with van der Waals surface area (Å²) in [4.78, 5) is 18.1. The Morgan fingerprint density at radius 1 is 1.33 bits per heavy atom. The molecule has 8 heteroatoms. The molecule has 2 atom stereocenters. The normalized spacial score (nSPS) is 29.9. The van der Waals surface area contributed by atoms with Crippen molar-refractivity contribution in [2.75, 3.05) is 16.4 Å². The van der Waals surface area contributed by atoms with Crippen molar-refractivity contribution in [2.45, 2.75) is 31.1 Å². The molecule has 4 rings (SSSR count). The molecule has 2 heterocycles. The van der Waals surface area contributed by atoms with Crippen LogP contribution < -0.4 is 4.90 Å². The molecule has 0 radical (unpaired) electrons. The quantitative estimate of drug-likeness (QED) is 0.800. The third-order valence-corrected chi connectivity index (χ3v) is 7.84. The van der Waals surface area contributed by atoms with Crippen LogP contribution >= 0.6 is 11.8 Å². The maximum absolute atomic E-state index is 14.0.